The number of hydrogen-bond donors (Lipinski definition) is 0. The summed E-state index contributed by atoms with van der Waals surface area (Å²) in [7, 11) is 2.27. The first-order valence-electron chi connectivity index (χ1n) is 2.22. The molecule has 0 saturated heterocycles. The highest BCUT2D eigenvalue weighted by Gasteiger charge is 1.78. The van der Waals surface area contributed by atoms with Crippen molar-refractivity contribution in [2.45, 2.75) is 13.2 Å². The van der Waals surface area contributed by atoms with Crippen molar-refractivity contribution in [3.63, 3.8) is 0 Å². The predicted molar refractivity (Wildman–Crippen MR) is 34.6 cm³/mol. The fourth-order valence-electron chi connectivity index (χ4n) is 0.236. The van der Waals surface area contributed by atoms with Crippen LogP contribution in [0.25, 0.3) is 0 Å². The smallest absolute Gasteiger partial charge is 0.122 e. The maximum atomic E-state index is 2.27. The zero-order valence-corrected chi connectivity index (χ0v) is 5.22. The fourth-order valence-corrected chi connectivity index (χ4v) is 0.707. The minimum Gasteiger partial charge on any atom is -0.174 e. The maximum Gasteiger partial charge on any atom is 0.122 e. The average molecular weight is 101 g/mol. The van der Waals surface area contributed by atoms with E-state index >= 15 is 0 Å². The van der Waals surface area contributed by atoms with E-state index in [1.54, 1.807) is 0 Å². The van der Waals surface area contributed by atoms with Crippen LogP contribution in [0.2, 0.25) is 6.32 Å². The van der Waals surface area contributed by atoms with Gasteiger partial charge in [0.05, 0.1) is 0 Å². The zero-order chi connectivity index (χ0) is 4.83. The molecule has 0 fully saturated rings. The largest absolute Gasteiger partial charge is 0.174 e. The van der Waals surface area contributed by atoms with Crippen LogP contribution >= 0.6 is 11.8 Å². The highest BCUT2D eigenvalue weighted by atomic mass is 32.2. The molecule has 0 heterocycles. The third-order valence-corrected chi connectivity index (χ3v) is 1.14. The molecule has 0 atom stereocenters. The van der Waals surface area contributed by atoms with Crippen LogP contribution in [-0.4, -0.2) is 19.2 Å². The monoisotopic (exact) mass is 101 g/mol. The molecule has 0 bridgehead atoms. The van der Waals surface area contributed by atoms with Crippen LogP contribution in [-0.2, 0) is 0 Å². The molecular weight excluding hydrogens is 90.9 g/mol. The number of hydrogen-bond acceptors (Lipinski definition) is 1. The Kier molecular flexibility index (Phi) is 5.79. The molecule has 0 aromatic heterocycles. The Bertz CT molecular complexity index is 19.5. The van der Waals surface area contributed by atoms with Gasteiger partial charge in [0, 0.05) is 0 Å². The van der Waals surface area contributed by atoms with Gasteiger partial charge in [-0.2, -0.15) is 11.8 Å². The maximum absolute atomic E-state index is 2.27. The highest BCUT2D eigenvalue weighted by molar-refractivity contribution is 7.99. The van der Waals surface area contributed by atoms with Crippen molar-refractivity contribution in [2.75, 3.05) is 11.9 Å². The molecule has 0 aromatic rings. The zero-order valence-electron chi connectivity index (χ0n) is 4.40. The second-order valence-electron chi connectivity index (χ2n) is 1.15. The van der Waals surface area contributed by atoms with Crippen LogP contribution in [0.1, 0.15) is 6.92 Å². The lowest BCUT2D eigenvalue weighted by atomic mass is 9.79. The Hall–Kier alpha value is 0.415. The summed E-state index contributed by atoms with van der Waals surface area (Å²) in [6.07, 6.45) is 3.33. The molecule has 0 spiro atoms. The van der Waals surface area contributed by atoms with Gasteiger partial charge in [-0.3, -0.25) is 0 Å². The molecule has 0 amide bonds. The Morgan fingerprint density at radius 3 is 2.50 bits per heavy atom. The summed E-state index contributed by atoms with van der Waals surface area (Å²) in [4.78, 5) is 0. The molecule has 6 heavy (non-hydrogen) atoms. The van der Waals surface area contributed by atoms with Crippen LogP contribution in [0, 0.1) is 0 Å². The van der Waals surface area contributed by atoms with E-state index in [0.717, 1.165) is 0 Å². The van der Waals surface area contributed by atoms with Gasteiger partial charge in [0.1, 0.15) is 7.28 Å². The molecule has 0 aromatic carbocycles. The fraction of sp³-hybridized carbons (Fsp3) is 1.00. The molecule has 1 radical (unpaired) electrons. The van der Waals surface area contributed by atoms with E-state index in [9.17, 15) is 0 Å². The first-order valence-corrected chi connectivity index (χ1v) is 3.61. The van der Waals surface area contributed by atoms with Crippen molar-refractivity contribution in [1.29, 1.82) is 0 Å². The lowest BCUT2D eigenvalue weighted by Gasteiger charge is -1.83. The van der Waals surface area contributed by atoms with Gasteiger partial charge in [-0.25, -0.2) is 0 Å². The molecule has 2 heteroatoms. The second-order valence-corrected chi connectivity index (χ2v) is 2.06. The van der Waals surface area contributed by atoms with Crippen molar-refractivity contribution in [2.24, 2.45) is 0 Å². The van der Waals surface area contributed by atoms with E-state index < -0.39 is 0 Å². The summed E-state index contributed by atoms with van der Waals surface area (Å²) in [5.74, 6) is 0. The molecule has 0 aliphatic heterocycles. The molecule has 0 N–H and O–H groups in total. The minimum atomic E-state index is 1.20. The topological polar surface area (TPSA) is 0 Å². The normalized spacial score (nSPS) is 8.33. The average Bonchev–Trinajstić information content (AvgIpc) is 1.61. The van der Waals surface area contributed by atoms with Gasteiger partial charge in [-0.05, 0) is 11.9 Å². The molecule has 0 aliphatic carbocycles. The van der Waals surface area contributed by atoms with Crippen LogP contribution < -0.4 is 0 Å². The summed E-state index contributed by atoms with van der Waals surface area (Å²) in [6.45, 7) is 2.16. The van der Waals surface area contributed by atoms with Crippen molar-refractivity contribution < 1.29 is 0 Å². The lowest BCUT2D eigenvalue weighted by molar-refractivity contribution is 1.45. The third-order valence-electron chi connectivity index (χ3n) is 0.573. The van der Waals surface area contributed by atoms with Gasteiger partial charge in [-0.1, -0.05) is 13.2 Å². The van der Waals surface area contributed by atoms with Crippen molar-refractivity contribution in [1.82, 2.24) is 0 Å². The van der Waals surface area contributed by atoms with Crippen molar-refractivity contribution in [3.8, 4) is 0 Å². The quantitative estimate of drug-likeness (QED) is 0.383. The summed E-state index contributed by atoms with van der Waals surface area (Å²) >= 11 is 1.87. The van der Waals surface area contributed by atoms with Gasteiger partial charge < -0.3 is 0 Å². The predicted octanol–water partition coefficient (Wildman–Crippen LogP) is 1.45. The Labute approximate surface area is 44.9 Å². The molecule has 0 saturated carbocycles. The van der Waals surface area contributed by atoms with Gasteiger partial charge in [0.25, 0.3) is 0 Å². The van der Waals surface area contributed by atoms with Crippen LogP contribution in [0.3, 0.4) is 0 Å². The van der Waals surface area contributed by atoms with E-state index in [1.807, 2.05) is 11.8 Å². The molecule has 0 aliphatic rings. The van der Waals surface area contributed by atoms with Crippen molar-refractivity contribution >= 4 is 19.0 Å². The van der Waals surface area contributed by atoms with E-state index in [-0.39, 0.29) is 0 Å². The third kappa shape index (κ3) is 4.41. The number of rotatable bonds is 3. The van der Waals surface area contributed by atoms with Gasteiger partial charge in [-0.15, -0.1) is 0 Å². The number of thioether (sulfide) groups is 1. The lowest BCUT2D eigenvalue weighted by Crippen LogP contribution is -1.87. The van der Waals surface area contributed by atoms with Gasteiger partial charge in [0.15, 0.2) is 0 Å². The molecular formula is C4H10BS. The van der Waals surface area contributed by atoms with E-state index in [2.05, 4.69) is 20.5 Å². The molecule has 35 valence electrons. The first-order chi connectivity index (χ1) is 2.91. The minimum absolute atomic E-state index is 1.20. The molecule has 0 nitrogen and oxygen atoms in total. The summed E-state index contributed by atoms with van der Waals surface area (Å²) in [6, 6.07) is 0. The van der Waals surface area contributed by atoms with E-state index in [4.69, 9.17) is 0 Å². The van der Waals surface area contributed by atoms with Crippen LogP contribution in [0.4, 0.5) is 0 Å². The first kappa shape index (κ1) is 6.41. The van der Waals surface area contributed by atoms with Gasteiger partial charge >= 0.3 is 0 Å². The summed E-state index contributed by atoms with van der Waals surface area (Å²) < 4.78 is 0. The van der Waals surface area contributed by atoms with Crippen LogP contribution in [0.5, 0.6) is 0 Å². The van der Waals surface area contributed by atoms with E-state index in [0.29, 0.717) is 0 Å². The summed E-state index contributed by atoms with van der Waals surface area (Å²) in [5.41, 5.74) is 1.20. The standard InChI is InChI=1S/C4H10BS/c1-3-5-4-6-2/h3-4H2,1-2H3. The van der Waals surface area contributed by atoms with Crippen molar-refractivity contribution in [3.05, 3.63) is 0 Å². The Morgan fingerprint density at radius 2 is 2.33 bits per heavy atom. The van der Waals surface area contributed by atoms with Gasteiger partial charge in [0.2, 0.25) is 0 Å². The SMILES string of the molecule is CC[B]CSC. The highest BCUT2D eigenvalue weighted by Crippen LogP contribution is 1.88. The van der Waals surface area contributed by atoms with Crippen LogP contribution in [0.15, 0.2) is 0 Å². The summed E-state index contributed by atoms with van der Waals surface area (Å²) in [5, 5.41) is 0. The Morgan fingerprint density at radius 1 is 1.67 bits per heavy atom. The second kappa shape index (κ2) is 5.41. The Balaban J connectivity index is 2.34. The van der Waals surface area contributed by atoms with E-state index in [1.165, 1.54) is 12.0 Å². The molecule has 0 rings (SSSR count). The molecule has 0 unspecified atom stereocenters.